The van der Waals surface area contributed by atoms with Crippen LogP contribution in [0.1, 0.15) is 23.1 Å². The molecule has 2 rings (SSSR count). The Hall–Kier alpha value is -2.38. The zero-order valence-corrected chi connectivity index (χ0v) is 11.0. The number of nitrogens with zero attached hydrogens (tertiary/aromatic N) is 5. The van der Waals surface area contributed by atoms with Crippen LogP contribution < -0.4 is 11.1 Å². The van der Waals surface area contributed by atoms with Gasteiger partial charge in [0.1, 0.15) is 5.69 Å². The lowest BCUT2D eigenvalue weighted by Gasteiger charge is -2.06. The first kappa shape index (κ1) is 13.1. The molecular formula is C11H17N7O. The topological polar surface area (TPSA) is 104 Å². The summed E-state index contributed by atoms with van der Waals surface area (Å²) in [6.45, 7) is 2.96. The van der Waals surface area contributed by atoms with Crippen LogP contribution in [0.25, 0.3) is 0 Å². The molecule has 0 aromatic carbocycles. The van der Waals surface area contributed by atoms with Crippen LogP contribution in [0.5, 0.6) is 0 Å². The maximum Gasteiger partial charge on any atom is 0.271 e. The fourth-order valence-corrected chi connectivity index (χ4v) is 1.85. The second-order valence-corrected chi connectivity index (χ2v) is 4.11. The molecule has 0 saturated carbocycles. The molecule has 0 spiro atoms. The first-order valence-corrected chi connectivity index (χ1v) is 6.07. The van der Waals surface area contributed by atoms with Crippen molar-refractivity contribution in [3.63, 3.8) is 0 Å². The third-order valence-electron chi connectivity index (χ3n) is 2.81. The lowest BCUT2D eigenvalue weighted by molar-refractivity contribution is 0.0943. The largest absolute Gasteiger partial charge is 0.395 e. The van der Waals surface area contributed by atoms with Gasteiger partial charge in [0.05, 0.1) is 24.1 Å². The summed E-state index contributed by atoms with van der Waals surface area (Å²) in [5.74, 6) is -0.229. The number of nitrogen functional groups attached to an aromatic ring is 1. The van der Waals surface area contributed by atoms with Crippen molar-refractivity contribution >= 4 is 11.6 Å². The maximum atomic E-state index is 12.0. The minimum absolute atomic E-state index is 0.229. The van der Waals surface area contributed by atoms with E-state index in [-0.39, 0.29) is 5.91 Å². The van der Waals surface area contributed by atoms with Crippen LogP contribution in [0.3, 0.4) is 0 Å². The van der Waals surface area contributed by atoms with Crippen LogP contribution in [0.15, 0.2) is 12.4 Å². The average Bonchev–Trinajstić information content (AvgIpc) is 2.97. The van der Waals surface area contributed by atoms with Crippen LogP contribution in [0, 0.1) is 0 Å². The summed E-state index contributed by atoms with van der Waals surface area (Å²) in [6.07, 6.45) is 4.03. The predicted octanol–water partition coefficient (Wildman–Crippen LogP) is -0.414. The van der Waals surface area contributed by atoms with Crippen LogP contribution in [0.2, 0.25) is 0 Å². The van der Waals surface area contributed by atoms with Gasteiger partial charge in [0.15, 0.2) is 0 Å². The highest BCUT2D eigenvalue weighted by molar-refractivity contribution is 5.97. The predicted molar refractivity (Wildman–Crippen MR) is 69.4 cm³/mol. The molecule has 8 nitrogen and oxygen atoms in total. The van der Waals surface area contributed by atoms with E-state index in [2.05, 4.69) is 20.7 Å². The van der Waals surface area contributed by atoms with Gasteiger partial charge in [-0.15, -0.1) is 5.10 Å². The van der Waals surface area contributed by atoms with Crippen molar-refractivity contribution in [1.82, 2.24) is 30.1 Å². The van der Waals surface area contributed by atoms with Crippen molar-refractivity contribution < 1.29 is 4.79 Å². The van der Waals surface area contributed by atoms with Crippen molar-refractivity contribution in [2.75, 3.05) is 12.3 Å². The molecule has 0 unspecified atom stereocenters. The van der Waals surface area contributed by atoms with Gasteiger partial charge in [-0.05, 0) is 6.42 Å². The SMILES string of the molecule is CCc1nn(C)c(C(=O)NCCn2ccnn2)c1N. The minimum atomic E-state index is -0.229. The fraction of sp³-hybridized carbons (Fsp3) is 0.455. The molecule has 0 radical (unpaired) electrons. The van der Waals surface area contributed by atoms with Gasteiger partial charge in [0.2, 0.25) is 0 Å². The van der Waals surface area contributed by atoms with Crippen LogP contribution in [-0.4, -0.2) is 37.2 Å². The Morgan fingerprint density at radius 3 is 2.89 bits per heavy atom. The summed E-state index contributed by atoms with van der Waals surface area (Å²) in [7, 11) is 1.71. The molecule has 0 fully saturated rings. The van der Waals surface area contributed by atoms with Gasteiger partial charge in [-0.2, -0.15) is 5.10 Å². The first-order valence-electron chi connectivity index (χ1n) is 6.07. The van der Waals surface area contributed by atoms with Crippen molar-refractivity contribution in [2.24, 2.45) is 7.05 Å². The lowest BCUT2D eigenvalue weighted by Crippen LogP contribution is -2.29. The van der Waals surface area contributed by atoms with Crippen molar-refractivity contribution in [3.05, 3.63) is 23.8 Å². The summed E-state index contributed by atoms with van der Waals surface area (Å²) in [5.41, 5.74) is 7.50. The molecule has 19 heavy (non-hydrogen) atoms. The van der Waals surface area contributed by atoms with E-state index in [1.807, 2.05) is 6.92 Å². The standard InChI is InChI=1S/C11H17N7O/c1-3-8-9(12)10(17(2)15-8)11(19)13-4-6-18-7-5-14-16-18/h5,7H,3-4,6,12H2,1-2H3,(H,13,19). The Balaban J connectivity index is 1.98. The summed E-state index contributed by atoms with van der Waals surface area (Å²) >= 11 is 0. The highest BCUT2D eigenvalue weighted by Crippen LogP contribution is 2.16. The number of aryl methyl sites for hydroxylation is 2. The van der Waals surface area contributed by atoms with Gasteiger partial charge in [-0.25, -0.2) is 0 Å². The van der Waals surface area contributed by atoms with E-state index in [1.165, 1.54) is 4.68 Å². The van der Waals surface area contributed by atoms with E-state index in [0.717, 1.165) is 5.69 Å². The smallest absolute Gasteiger partial charge is 0.271 e. The molecule has 1 amide bonds. The second-order valence-electron chi connectivity index (χ2n) is 4.11. The maximum absolute atomic E-state index is 12.0. The number of carbonyl (C=O) groups is 1. The van der Waals surface area contributed by atoms with Crippen molar-refractivity contribution in [3.8, 4) is 0 Å². The van der Waals surface area contributed by atoms with E-state index in [0.29, 0.717) is 30.9 Å². The number of carbonyl (C=O) groups excluding carboxylic acids is 1. The molecule has 2 heterocycles. The lowest BCUT2D eigenvalue weighted by atomic mass is 10.2. The Labute approximate surface area is 110 Å². The number of amides is 1. The Morgan fingerprint density at radius 2 is 2.32 bits per heavy atom. The molecule has 2 aromatic rings. The molecular weight excluding hydrogens is 246 g/mol. The number of hydrogen-bond acceptors (Lipinski definition) is 5. The van der Waals surface area contributed by atoms with E-state index < -0.39 is 0 Å². The van der Waals surface area contributed by atoms with Gasteiger partial charge in [0, 0.05) is 19.8 Å². The number of nitrogens with two attached hydrogens (primary N) is 1. The summed E-state index contributed by atoms with van der Waals surface area (Å²) < 4.78 is 3.16. The summed E-state index contributed by atoms with van der Waals surface area (Å²) in [5, 5.41) is 14.5. The van der Waals surface area contributed by atoms with Gasteiger partial charge < -0.3 is 11.1 Å². The molecule has 102 valence electrons. The minimum Gasteiger partial charge on any atom is -0.395 e. The third-order valence-corrected chi connectivity index (χ3v) is 2.81. The molecule has 0 saturated heterocycles. The molecule has 0 aliphatic heterocycles. The average molecular weight is 263 g/mol. The number of nitrogens with one attached hydrogen (secondary N) is 1. The second kappa shape index (κ2) is 5.51. The molecule has 2 aromatic heterocycles. The molecule has 0 atom stereocenters. The van der Waals surface area contributed by atoms with E-state index in [4.69, 9.17) is 5.73 Å². The van der Waals surface area contributed by atoms with Gasteiger partial charge >= 0.3 is 0 Å². The van der Waals surface area contributed by atoms with Crippen molar-refractivity contribution in [2.45, 2.75) is 19.9 Å². The van der Waals surface area contributed by atoms with E-state index in [9.17, 15) is 4.79 Å². The Morgan fingerprint density at radius 1 is 1.53 bits per heavy atom. The zero-order chi connectivity index (χ0) is 13.8. The molecule has 0 aliphatic rings. The van der Waals surface area contributed by atoms with E-state index >= 15 is 0 Å². The van der Waals surface area contributed by atoms with Crippen LogP contribution in [0.4, 0.5) is 5.69 Å². The van der Waals surface area contributed by atoms with Gasteiger partial charge in [-0.1, -0.05) is 12.1 Å². The number of aromatic nitrogens is 5. The molecule has 3 N–H and O–H groups in total. The summed E-state index contributed by atoms with van der Waals surface area (Å²) in [6, 6.07) is 0. The highest BCUT2D eigenvalue weighted by atomic mass is 16.2. The number of rotatable bonds is 5. The Kier molecular flexibility index (Phi) is 3.79. The monoisotopic (exact) mass is 263 g/mol. The first-order chi connectivity index (χ1) is 9.13. The number of anilines is 1. The van der Waals surface area contributed by atoms with Gasteiger partial charge in [-0.3, -0.25) is 14.2 Å². The normalized spacial score (nSPS) is 10.6. The third kappa shape index (κ3) is 2.72. The number of hydrogen-bond donors (Lipinski definition) is 2. The Bertz CT molecular complexity index is 558. The molecule has 8 heteroatoms. The molecule has 0 bridgehead atoms. The highest BCUT2D eigenvalue weighted by Gasteiger charge is 2.18. The molecule has 0 aliphatic carbocycles. The van der Waals surface area contributed by atoms with E-state index in [1.54, 1.807) is 24.1 Å². The fourth-order valence-electron chi connectivity index (χ4n) is 1.85. The van der Waals surface area contributed by atoms with Gasteiger partial charge in [0.25, 0.3) is 5.91 Å². The quantitative estimate of drug-likeness (QED) is 0.763. The van der Waals surface area contributed by atoms with Crippen LogP contribution in [-0.2, 0) is 20.0 Å². The zero-order valence-electron chi connectivity index (χ0n) is 11.0. The summed E-state index contributed by atoms with van der Waals surface area (Å²) in [4.78, 5) is 12.0. The van der Waals surface area contributed by atoms with Crippen LogP contribution >= 0.6 is 0 Å². The van der Waals surface area contributed by atoms with Crippen molar-refractivity contribution in [1.29, 1.82) is 0 Å².